The van der Waals surface area contributed by atoms with E-state index >= 15 is 0 Å². The van der Waals surface area contributed by atoms with Gasteiger partial charge in [-0.25, -0.2) is 0 Å². The van der Waals surface area contributed by atoms with Crippen LogP contribution in [0.2, 0.25) is 0 Å². The molecule has 2 N–H and O–H groups in total. The Balaban J connectivity index is 2.35. The largest absolute Gasteiger partial charge is 0.402 e. The molecule has 0 saturated heterocycles. The van der Waals surface area contributed by atoms with Gasteiger partial charge in [-0.1, -0.05) is 69.0 Å². The topological polar surface area (TPSA) is 26.0 Å². The maximum absolute atomic E-state index is 5.66. The fourth-order valence-corrected chi connectivity index (χ4v) is 2.73. The molecule has 0 radical (unpaired) electrons. The van der Waals surface area contributed by atoms with E-state index in [1.807, 2.05) is 0 Å². The molecule has 0 unspecified atom stereocenters. The van der Waals surface area contributed by atoms with E-state index in [2.05, 4.69) is 75.9 Å². The van der Waals surface area contributed by atoms with Crippen LogP contribution in [0, 0.1) is 6.92 Å². The molecule has 0 saturated carbocycles. The number of nitrogens with two attached hydrogens (primary N) is 1. The van der Waals surface area contributed by atoms with Crippen molar-refractivity contribution >= 4 is 0 Å². The molecule has 0 aliphatic heterocycles. The number of allylic oxidation sites excluding steroid dienone is 1. The highest BCUT2D eigenvalue weighted by Gasteiger charge is 2.24. The van der Waals surface area contributed by atoms with Gasteiger partial charge in [0.25, 0.3) is 0 Å². The summed E-state index contributed by atoms with van der Waals surface area (Å²) >= 11 is 0. The SMILES string of the molecule is C=C(N)Cc1ccc(C(C)(C)c2ccccc2C)cc1. The lowest BCUT2D eigenvalue weighted by molar-refractivity contribution is 0.635. The Hall–Kier alpha value is -2.02. The highest BCUT2D eigenvalue weighted by molar-refractivity contribution is 5.42. The van der Waals surface area contributed by atoms with Crippen molar-refractivity contribution in [2.24, 2.45) is 5.73 Å². The van der Waals surface area contributed by atoms with E-state index in [-0.39, 0.29) is 5.41 Å². The molecule has 2 rings (SSSR count). The third-order valence-electron chi connectivity index (χ3n) is 3.93. The average molecular weight is 265 g/mol. The lowest BCUT2D eigenvalue weighted by Crippen LogP contribution is -2.20. The van der Waals surface area contributed by atoms with Crippen LogP contribution in [0.15, 0.2) is 60.8 Å². The highest BCUT2D eigenvalue weighted by Crippen LogP contribution is 2.33. The van der Waals surface area contributed by atoms with Gasteiger partial charge in [-0.2, -0.15) is 0 Å². The fourth-order valence-electron chi connectivity index (χ4n) is 2.73. The molecule has 0 spiro atoms. The Morgan fingerprint density at radius 2 is 1.65 bits per heavy atom. The summed E-state index contributed by atoms with van der Waals surface area (Å²) in [4.78, 5) is 0. The van der Waals surface area contributed by atoms with E-state index in [9.17, 15) is 0 Å². The molecule has 1 nitrogen and oxygen atoms in total. The second-order valence-electron chi connectivity index (χ2n) is 5.97. The fraction of sp³-hybridized carbons (Fsp3) is 0.263. The number of rotatable bonds is 4. The molecule has 20 heavy (non-hydrogen) atoms. The van der Waals surface area contributed by atoms with Crippen molar-refractivity contribution < 1.29 is 0 Å². The standard InChI is InChI=1S/C19H23N/c1-14-7-5-6-8-18(14)19(3,4)17-11-9-16(10-12-17)13-15(2)20/h5-12H,2,13,20H2,1,3-4H3. The highest BCUT2D eigenvalue weighted by atomic mass is 14.6. The van der Waals surface area contributed by atoms with E-state index in [4.69, 9.17) is 5.73 Å². The number of hydrogen-bond donors (Lipinski definition) is 1. The summed E-state index contributed by atoms with van der Waals surface area (Å²) in [6.45, 7) is 10.5. The van der Waals surface area contributed by atoms with Gasteiger partial charge in [0.2, 0.25) is 0 Å². The van der Waals surface area contributed by atoms with Gasteiger partial charge in [0, 0.05) is 17.5 Å². The minimum atomic E-state index is 0.00357. The van der Waals surface area contributed by atoms with Crippen molar-refractivity contribution in [3.8, 4) is 0 Å². The lowest BCUT2D eigenvalue weighted by Gasteiger charge is -2.28. The minimum absolute atomic E-state index is 0.00357. The smallest absolute Gasteiger partial charge is 0.0149 e. The van der Waals surface area contributed by atoms with E-state index in [0.29, 0.717) is 5.70 Å². The van der Waals surface area contributed by atoms with Gasteiger partial charge in [0.05, 0.1) is 0 Å². The van der Waals surface area contributed by atoms with Crippen LogP contribution in [-0.2, 0) is 11.8 Å². The van der Waals surface area contributed by atoms with Crippen molar-refractivity contribution in [2.45, 2.75) is 32.6 Å². The molecule has 0 aliphatic rings. The molecule has 0 amide bonds. The van der Waals surface area contributed by atoms with Crippen molar-refractivity contribution in [1.29, 1.82) is 0 Å². The molecule has 0 bridgehead atoms. The molecule has 2 aromatic carbocycles. The van der Waals surface area contributed by atoms with Gasteiger partial charge >= 0.3 is 0 Å². The second kappa shape index (κ2) is 5.54. The van der Waals surface area contributed by atoms with Crippen molar-refractivity contribution in [3.05, 3.63) is 83.1 Å². The van der Waals surface area contributed by atoms with E-state index < -0.39 is 0 Å². The van der Waals surface area contributed by atoms with Crippen LogP contribution in [-0.4, -0.2) is 0 Å². The van der Waals surface area contributed by atoms with E-state index in [1.54, 1.807) is 0 Å². The Labute approximate surface area is 122 Å². The van der Waals surface area contributed by atoms with Crippen LogP contribution in [0.5, 0.6) is 0 Å². The van der Waals surface area contributed by atoms with E-state index in [0.717, 1.165) is 6.42 Å². The summed E-state index contributed by atoms with van der Waals surface area (Å²) in [7, 11) is 0. The first-order chi connectivity index (χ1) is 9.41. The van der Waals surface area contributed by atoms with Crippen molar-refractivity contribution in [2.75, 3.05) is 0 Å². The maximum Gasteiger partial charge on any atom is 0.0149 e. The zero-order valence-electron chi connectivity index (χ0n) is 12.6. The first-order valence-corrected chi connectivity index (χ1v) is 7.00. The Kier molecular flexibility index (Phi) is 3.99. The Bertz CT molecular complexity index is 606. The third-order valence-corrected chi connectivity index (χ3v) is 3.93. The number of aryl methyl sites for hydroxylation is 1. The summed E-state index contributed by atoms with van der Waals surface area (Å²) < 4.78 is 0. The van der Waals surface area contributed by atoms with Gasteiger partial charge in [-0.3, -0.25) is 0 Å². The Morgan fingerprint density at radius 3 is 2.20 bits per heavy atom. The van der Waals surface area contributed by atoms with Crippen LogP contribution >= 0.6 is 0 Å². The average Bonchev–Trinajstić information content (AvgIpc) is 2.39. The molecule has 0 aliphatic carbocycles. The quantitative estimate of drug-likeness (QED) is 0.874. The zero-order valence-corrected chi connectivity index (χ0v) is 12.6. The predicted molar refractivity (Wildman–Crippen MR) is 86.8 cm³/mol. The molecule has 104 valence electrons. The number of benzene rings is 2. The first kappa shape index (κ1) is 14.4. The summed E-state index contributed by atoms with van der Waals surface area (Å²) in [5.41, 5.74) is 11.6. The van der Waals surface area contributed by atoms with Crippen molar-refractivity contribution in [1.82, 2.24) is 0 Å². The second-order valence-corrected chi connectivity index (χ2v) is 5.97. The van der Waals surface area contributed by atoms with Crippen LogP contribution < -0.4 is 5.73 Å². The van der Waals surface area contributed by atoms with Crippen LogP contribution in [0.3, 0.4) is 0 Å². The zero-order chi connectivity index (χ0) is 14.8. The van der Waals surface area contributed by atoms with Gasteiger partial charge in [0.1, 0.15) is 0 Å². The molecule has 1 heteroatoms. The van der Waals surface area contributed by atoms with Gasteiger partial charge < -0.3 is 5.73 Å². The van der Waals surface area contributed by atoms with Crippen LogP contribution in [0.25, 0.3) is 0 Å². The molecule has 2 aromatic rings. The van der Waals surface area contributed by atoms with Crippen LogP contribution in [0.4, 0.5) is 0 Å². The van der Waals surface area contributed by atoms with Gasteiger partial charge in [-0.05, 0) is 29.2 Å². The maximum atomic E-state index is 5.66. The molecular weight excluding hydrogens is 242 g/mol. The number of hydrogen-bond acceptors (Lipinski definition) is 1. The first-order valence-electron chi connectivity index (χ1n) is 7.00. The summed E-state index contributed by atoms with van der Waals surface area (Å²) in [5, 5.41) is 0. The lowest BCUT2D eigenvalue weighted by atomic mass is 9.76. The van der Waals surface area contributed by atoms with Crippen LogP contribution in [0.1, 0.15) is 36.1 Å². The predicted octanol–water partition coefficient (Wildman–Crippen LogP) is 4.34. The summed E-state index contributed by atoms with van der Waals surface area (Å²) in [6, 6.07) is 17.3. The molecule has 0 fully saturated rings. The Morgan fingerprint density at radius 1 is 1.05 bits per heavy atom. The summed E-state index contributed by atoms with van der Waals surface area (Å²) in [6.07, 6.45) is 0.741. The van der Waals surface area contributed by atoms with Gasteiger partial charge in [0.15, 0.2) is 0 Å². The third kappa shape index (κ3) is 2.93. The summed E-state index contributed by atoms with van der Waals surface area (Å²) in [5.74, 6) is 0. The molecule has 0 atom stereocenters. The molecule has 0 heterocycles. The monoisotopic (exact) mass is 265 g/mol. The minimum Gasteiger partial charge on any atom is -0.402 e. The van der Waals surface area contributed by atoms with Gasteiger partial charge in [-0.15, -0.1) is 0 Å². The molecular formula is C19H23N. The normalized spacial score (nSPS) is 11.3. The van der Waals surface area contributed by atoms with Crippen molar-refractivity contribution in [3.63, 3.8) is 0 Å². The van der Waals surface area contributed by atoms with E-state index in [1.165, 1.54) is 22.3 Å². The molecule has 0 aromatic heterocycles.